The minimum Gasteiger partial charge on any atom is -0.391 e. The van der Waals surface area contributed by atoms with Crippen molar-refractivity contribution in [3.63, 3.8) is 0 Å². The lowest BCUT2D eigenvalue weighted by molar-refractivity contribution is 0.0721. The van der Waals surface area contributed by atoms with Crippen molar-refractivity contribution >= 4 is 23.2 Å². The summed E-state index contributed by atoms with van der Waals surface area (Å²) in [5.41, 5.74) is 3.91. The Bertz CT molecular complexity index is 695. The van der Waals surface area contributed by atoms with E-state index in [0.29, 0.717) is 23.0 Å². The lowest BCUT2D eigenvalue weighted by Crippen LogP contribution is -2.31. The first-order chi connectivity index (χ1) is 10.4. The standard InChI is InChI=1S/C16H18Cl2N2O2/c1-8-13(9(2)22-19-8)7-20(3)16-12-4-10(17)5-14(18)11(12)6-15(16)21/h4-5,15-16,21H,6-7H2,1-3H3/t15-,16-/m1/s1. The van der Waals surface area contributed by atoms with Crippen molar-refractivity contribution in [3.05, 3.63) is 50.3 Å². The number of likely N-dealkylation sites (N-methyl/N-ethyl adjacent to an activating group) is 1. The number of aryl methyl sites for hydroxylation is 2. The smallest absolute Gasteiger partial charge is 0.138 e. The molecule has 22 heavy (non-hydrogen) atoms. The Kier molecular flexibility index (Phi) is 4.21. The first kappa shape index (κ1) is 15.8. The van der Waals surface area contributed by atoms with E-state index in [1.54, 1.807) is 6.07 Å². The number of aliphatic hydroxyl groups is 1. The molecule has 0 spiro atoms. The molecular weight excluding hydrogens is 323 g/mol. The van der Waals surface area contributed by atoms with Gasteiger partial charge in [-0.15, -0.1) is 0 Å². The fraction of sp³-hybridized carbons (Fsp3) is 0.438. The molecule has 0 bridgehead atoms. The summed E-state index contributed by atoms with van der Waals surface area (Å²) >= 11 is 12.4. The van der Waals surface area contributed by atoms with Crippen LogP contribution in [-0.4, -0.2) is 28.3 Å². The predicted molar refractivity (Wildman–Crippen MR) is 86.4 cm³/mol. The molecule has 0 aliphatic heterocycles. The number of hydrogen-bond acceptors (Lipinski definition) is 4. The maximum absolute atomic E-state index is 10.5. The number of aliphatic hydroxyl groups excluding tert-OH is 1. The molecular formula is C16H18Cl2N2O2. The van der Waals surface area contributed by atoms with E-state index in [2.05, 4.69) is 10.1 Å². The summed E-state index contributed by atoms with van der Waals surface area (Å²) in [6.07, 6.45) is 0.0403. The molecule has 1 aromatic heterocycles. The van der Waals surface area contributed by atoms with E-state index in [1.807, 2.05) is 27.0 Å². The van der Waals surface area contributed by atoms with E-state index >= 15 is 0 Å². The number of fused-ring (bicyclic) bond motifs is 1. The Morgan fingerprint density at radius 3 is 2.73 bits per heavy atom. The summed E-state index contributed by atoms with van der Waals surface area (Å²) in [5.74, 6) is 0.807. The Hall–Kier alpha value is -1.07. The lowest BCUT2D eigenvalue weighted by atomic mass is 10.1. The second-order valence-corrected chi connectivity index (χ2v) is 6.73. The molecule has 2 atom stereocenters. The van der Waals surface area contributed by atoms with Gasteiger partial charge in [0.1, 0.15) is 5.76 Å². The predicted octanol–water partition coefficient (Wildman–Crippen LogP) is 3.69. The fourth-order valence-electron chi connectivity index (χ4n) is 3.24. The Morgan fingerprint density at radius 1 is 1.36 bits per heavy atom. The summed E-state index contributed by atoms with van der Waals surface area (Å²) in [5, 5.41) is 15.7. The second kappa shape index (κ2) is 5.85. The van der Waals surface area contributed by atoms with E-state index in [4.69, 9.17) is 27.7 Å². The lowest BCUT2D eigenvalue weighted by Gasteiger charge is -2.28. The zero-order valence-electron chi connectivity index (χ0n) is 12.7. The van der Waals surface area contributed by atoms with E-state index in [9.17, 15) is 5.11 Å². The van der Waals surface area contributed by atoms with Gasteiger partial charge >= 0.3 is 0 Å². The van der Waals surface area contributed by atoms with Crippen LogP contribution < -0.4 is 0 Å². The summed E-state index contributed by atoms with van der Waals surface area (Å²) in [7, 11) is 1.98. The van der Waals surface area contributed by atoms with Gasteiger partial charge < -0.3 is 9.63 Å². The monoisotopic (exact) mass is 340 g/mol. The van der Waals surface area contributed by atoms with Crippen molar-refractivity contribution in [2.45, 2.75) is 39.0 Å². The summed E-state index contributed by atoms with van der Waals surface area (Å²) < 4.78 is 5.21. The van der Waals surface area contributed by atoms with Gasteiger partial charge in [-0.05, 0) is 44.2 Å². The summed E-state index contributed by atoms with van der Waals surface area (Å²) in [6, 6.07) is 3.48. The molecule has 1 aliphatic rings. The van der Waals surface area contributed by atoms with Crippen LogP contribution in [0.4, 0.5) is 0 Å². The van der Waals surface area contributed by atoms with E-state index in [1.165, 1.54) is 0 Å². The van der Waals surface area contributed by atoms with Crippen LogP contribution in [0.1, 0.15) is 34.2 Å². The molecule has 0 unspecified atom stereocenters. The van der Waals surface area contributed by atoms with Crippen LogP contribution in [0.5, 0.6) is 0 Å². The number of benzene rings is 1. The van der Waals surface area contributed by atoms with Crippen LogP contribution in [0, 0.1) is 13.8 Å². The van der Waals surface area contributed by atoms with Crippen molar-refractivity contribution in [3.8, 4) is 0 Å². The molecule has 1 N–H and O–H groups in total. The van der Waals surface area contributed by atoms with E-state index in [-0.39, 0.29) is 6.04 Å². The average Bonchev–Trinajstić information content (AvgIpc) is 2.92. The highest BCUT2D eigenvalue weighted by Gasteiger charge is 2.36. The molecule has 1 aliphatic carbocycles. The van der Waals surface area contributed by atoms with Crippen molar-refractivity contribution in [2.24, 2.45) is 0 Å². The largest absolute Gasteiger partial charge is 0.391 e. The molecule has 0 fully saturated rings. The highest BCUT2D eigenvalue weighted by Crippen LogP contribution is 2.41. The molecule has 6 heteroatoms. The maximum atomic E-state index is 10.5. The minimum atomic E-state index is -0.503. The van der Waals surface area contributed by atoms with Gasteiger partial charge in [0.2, 0.25) is 0 Å². The van der Waals surface area contributed by atoms with Crippen LogP contribution in [0.3, 0.4) is 0 Å². The highest BCUT2D eigenvalue weighted by atomic mass is 35.5. The first-order valence-corrected chi connectivity index (χ1v) is 7.92. The molecule has 4 nitrogen and oxygen atoms in total. The van der Waals surface area contributed by atoms with Gasteiger partial charge in [0.05, 0.1) is 17.8 Å². The molecule has 3 rings (SSSR count). The van der Waals surface area contributed by atoms with Gasteiger partial charge in [0.25, 0.3) is 0 Å². The first-order valence-electron chi connectivity index (χ1n) is 7.16. The minimum absolute atomic E-state index is 0.139. The highest BCUT2D eigenvalue weighted by molar-refractivity contribution is 6.35. The van der Waals surface area contributed by atoms with Crippen molar-refractivity contribution < 1.29 is 9.63 Å². The van der Waals surface area contributed by atoms with E-state index in [0.717, 1.165) is 28.1 Å². The average molecular weight is 341 g/mol. The fourth-order valence-corrected chi connectivity index (χ4v) is 3.82. The van der Waals surface area contributed by atoms with Crippen molar-refractivity contribution in [1.82, 2.24) is 10.1 Å². The quantitative estimate of drug-likeness (QED) is 0.925. The Balaban J connectivity index is 1.93. The molecule has 0 amide bonds. The third-order valence-corrected chi connectivity index (χ3v) is 4.91. The van der Waals surface area contributed by atoms with Crippen LogP contribution in [0.25, 0.3) is 0 Å². The number of hydrogen-bond donors (Lipinski definition) is 1. The SMILES string of the molecule is Cc1noc(C)c1CN(C)[C@@H]1c2cc(Cl)cc(Cl)c2C[C@H]1O. The molecule has 1 heterocycles. The van der Waals surface area contributed by atoms with Gasteiger partial charge in [-0.2, -0.15) is 0 Å². The number of halogens is 2. The molecule has 0 radical (unpaired) electrons. The molecule has 0 saturated carbocycles. The van der Waals surface area contributed by atoms with Crippen LogP contribution in [0.2, 0.25) is 10.0 Å². The molecule has 2 aromatic rings. The van der Waals surface area contributed by atoms with Gasteiger partial charge in [-0.1, -0.05) is 28.4 Å². The topological polar surface area (TPSA) is 49.5 Å². The summed E-state index contributed by atoms with van der Waals surface area (Å²) in [6.45, 7) is 4.47. The zero-order valence-corrected chi connectivity index (χ0v) is 14.2. The van der Waals surface area contributed by atoms with Gasteiger partial charge in [-0.3, -0.25) is 4.90 Å². The Morgan fingerprint density at radius 2 is 2.09 bits per heavy atom. The van der Waals surface area contributed by atoms with Crippen LogP contribution in [0.15, 0.2) is 16.7 Å². The molecule has 118 valence electrons. The number of aromatic nitrogens is 1. The van der Waals surface area contributed by atoms with Gasteiger partial charge in [-0.25, -0.2) is 0 Å². The third-order valence-electron chi connectivity index (χ3n) is 4.35. The van der Waals surface area contributed by atoms with E-state index < -0.39 is 6.10 Å². The second-order valence-electron chi connectivity index (χ2n) is 5.89. The molecule has 0 saturated heterocycles. The van der Waals surface area contributed by atoms with Gasteiger partial charge in [0, 0.05) is 28.6 Å². The van der Waals surface area contributed by atoms with Crippen molar-refractivity contribution in [2.75, 3.05) is 7.05 Å². The number of rotatable bonds is 3. The number of nitrogens with zero attached hydrogens (tertiary/aromatic N) is 2. The Labute approximate surface area is 139 Å². The van der Waals surface area contributed by atoms with Crippen LogP contribution in [-0.2, 0) is 13.0 Å². The zero-order chi connectivity index (χ0) is 16.0. The van der Waals surface area contributed by atoms with Crippen molar-refractivity contribution in [1.29, 1.82) is 0 Å². The van der Waals surface area contributed by atoms with Crippen LogP contribution >= 0.6 is 23.2 Å². The van der Waals surface area contributed by atoms with Gasteiger partial charge in [0.15, 0.2) is 0 Å². The maximum Gasteiger partial charge on any atom is 0.138 e. The normalized spacial score (nSPS) is 20.7. The third kappa shape index (κ3) is 2.65. The molecule has 1 aromatic carbocycles. The summed E-state index contributed by atoms with van der Waals surface area (Å²) in [4.78, 5) is 2.09.